The smallest absolute Gasteiger partial charge is 0.387 e. The molecule has 0 spiro atoms. The van der Waals surface area contributed by atoms with E-state index < -0.39 is 12.5 Å². The molecule has 2 aromatic rings. The molecule has 2 aromatic carbocycles. The van der Waals surface area contributed by atoms with Crippen molar-refractivity contribution in [1.82, 2.24) is 5.32 Å². The van der Waals surface area contributed by atoms with Crippen LogP contribution in [0.4, 0.5) is 14.5 Å². The van der Waals surface area contributed by atoms with Crippen molar-refractivity contribution in [2.45, 2.75) is 20.0 Å². The van der Waals surface area contributed by atoms with Crippen LogP contribution in [0.3, 0.4) is 0 Å². The van der Waals surface area contributed by atoms with Gasteiger partial charge in [0.1, 0.15) is 5.75 Å². The first-order chi connectivity index (χ1) is 13.0. The zero-order valence-corrected chi connectivity index (χ0v) is 14.7. The van der Waals surface area contributed by atoms with Crippen LogP contribution in [0.2, 0.25) is 0 Å². The highest BCUT2D eigenvalue weighted by Crippen LogP contribution is 2.22. The van der Waals surface area contributed by atoms with Crippen molar-refractivity contribution in [3.63, 3.8) is 0 Å². The molecule has 2 rings (SSSR count). The van der Waals surface area contributed by atoms with E-state index in [2.05, 4.69) is 15.4 Å². The standard InChI is InChI=1S/C20H20F2N2O3/c1-2-13-23-19(26)15-8-4-5-9-16(15)24-18(25)12-11-14-7-3-6-10-17(14)27-20(21)22/h3-12,20H,2,13H2,1H3,(H,23,26)(H,24,25)/b12-11+. The molecule has 2 N–H and O–H groups in total. The van der Waals surface area contributed by atoms with Gasteiger partial charge in [0.15, 0.2) is 0 Å². The van der Waals surface area contributed by atoms with Crippen molar-refractivity contribution < 1.29 is 23.1 Å². The van der Waals surface area contributed by atoms with Gasteiger partial charge in [0.25, 0.3) is 5.91 Å². The van der Waals surface area contributed by atoms with Gasteiger partial charge in [-0.2, -0.15) is 8.78 Å². The van der Waals surface area contributed by atoms with Gasteiger partial charge in [-0.05, 0) is 30.7 Å². The molecular weight excluding hydrogens is 354 g/mol. The van der Waals surface area contributed by atoms with Crippen molar-refractivity contribution in [3.05, 3.63) is 65.7 Å². The molecule has 0 fully saturated rings. The van der Waals surface area contributed by atoms with E-state index in [-0.39, 0.29) is 11.7 Å². The second-order valence-corrected chi connectivity index (χ2v) is 5.54. The van der Waals surface area contributed by atoms with E-state index in [4.69, 9.17) is 0 Å². The number of carbonyl (C=O) groups is 2. The van der Waals surface area contributed by atoms with E-state index >= 15 is 0 Å². The Morgan fingerprint density at radius 1 is 1.11 bits per heavy atom. The van der Waals surface area contributed by atoms with E-state index in [1.807, 2.05) is 6.92 Å². The minimum Gasteiger partial charge on any atom is -0.434 e. The molecule has 0 aliphatic carbocycles. The third-order valence-corrected chi connectivity index (χ3v) is 3.51. The normalized spacial score (nSPS) is 10.8. The largest absolute Gasteiger partial charge is 0.434 e. The number of hydrogen-bond donors (Lipinski definition) is 2. The maximum absolute atomic E-state index is 12.4. The first kappa shape index (κ1) is 20.1. The second-order valence-electron chi connectivity index (χ2n) is 5.54. The molecule has 7 heteroatoms. The van der Waals surface area contributed by atoms with Crippen LogP contribution < -0.4 is 15.4 Å². The molecule has 0 aliphatic heterocycles. The summed E-state index contributed by atoms with van der Waals surface area (Å²) in [6.45, 7) is -0.488. The highest BCUT2D eigenvalue weighted by Gasteiger charge is 2.12. The van der Waals surface area contributed by atoms with Gasteiger partial charge >= 0.3 is 6.61 Å². The molecule has 0 bridgehead atoms. The number of anilines is 1. The van der Waals surface area contributed by atoms with Crippen LogP contribution in [-0.2, 0) is 4.79 Å². The average molecular weight is 374 g/mol. The van der Waals surface area contributed by atoms with Gasteiger partial charge in [-0.3, -0.25) is 9.59 Å². The van der Waals surface area contributed by atoms with Crippen molar-refractivity contribution in [2.24, 2.45) is 0 Å². The average Bonchev–Trinajstić information content (AvgIpc) is 2.65. The lowest BCUT2D eigenvalue weighted by atomic mass is 10.1. The van der Waals surface area contributed by atoms with E-state index in [1.165, 1.54) is 18.2 Å². The summed E-state index contributed by atoms with van der Waals surface area (Å²) in [5.74, 6) is -0.819. The van der Waals surface area contributed by atoms with E-state index in [9.17, 15) is 18.4 Å². The quantitative estimate of drug-likeness (QED) is 0.684. The Kier molecular flexibility index (Phi) is 7.49. The minimum atomic E-state index is -2.96. The van der Waals surface area contributed by atoms with Gasteiger partial charge in [-0.25, -0.2) is 0 Å². The minimum absolute atomic E-state index is 0.0316. The maximum atomic E-state index is 12.4. The Labute approximate surface area is 156 Å². The summed E-state index contributed by atoms with van der Waals surface area (Å²) in [5, 5.41) is 5.37. The Morgan fingerprint density at radius 2 is 1.81 bits per heavy atom. The number of carbonyl (C=O) groups excluding carboxylic acids is 2. The van der Waals surface area contributed by atoms with Crippen LogP contribution in [0, 0.1) is 0 Å². The number of halogens is 2. The fraction of sp³-hybridized carbons (Fsp3) is 0.200. The van der Waals surface area contributed by atoms with Gasteiger partial charge in [-0.1, -0.05) is 37.3 Å². The van der Waals surface area contributed by atoms with E-state index in [0.717, 1.165) is 6.42 Å². The van der Waals surface area contributed by atoms with Crippen molar-refractivity contribution in [3.8, 4) is 5.75 Å². The topological polar surface area (TPSA) is 67.4 Å². The molecule has 0 aliphatic rings. The summed E-state index contributed by atoms with van der Waals surface area (Å²) in [7, 11) is 0. The Morgan fingerprint density at radius 3 is 2.56 bits per heavy atom. The molecule has 0 saturated carbocycles. The van der Waals surface area contributed by atoms with Crippen LogP contribution in [0.5, 0.6) is 5.75 Å². The molecule has 27 heavy (non-hydrogen) atoms. The first-order valence-corrected chi connectivity index (χ1v) is 8.41. The van der Waals surface area contributed by atoms with Gasteiger partial charge in [-0.15, -0.1) is 0 Å². The number of alkyl halides is 2. The van der Waals surface area contributed by atoms with Crippen LogP contribution in [-0.4, -0.2) is 25.0 Å². The summed E-state index contributed by atoms with van der Waals surface area (Å²) in [6, 6.07) is 12.7. The highest BCUT2D eigenvalue weighted by atomic mass is 19.3. The number of nitrogens with one attached hydrogen (secondary N) is 2. The number of rotatable bonds is 8. The predicted octanol–water partition coefficient (Wildman–Crippen LogP) is 4.08. The van der Waals surface area contributed by atoms with Crippen LogP contribution in [0.25, 0.3) is 6.08 Å². The van der Waals surface area contributed by atoms with Crippen molar-refractivity contribution >= 4 is 23.6 Å². The lowest BCUT2D eigenvalue weighted by Crippen LogP contribution is -2.25. The van der Waals surface area contributed by atoms with Crippen LogP contribution >= 0.6 is 0 Å². The first-order valence-electron chi connectivity index (χ1n) is 8.41. The molecule has 0 unspecified atom stereocenters. The molecule has 5 nitrogen and oxygen atoms in total. The lowest BCUT2D eigenvalue weighted by Gasteiger charge is -2.10. The number of para-hydroxylation sites is 2. The van der Waals surface area contributed by atoms with Gasteiger partial charge < -0.3 is 15.4 Å². The Hall–Kier alpha value is -3.22. The van der Waals surface area contributed by atoms with E-state index in [1.54, 1.807) is 42.5 Å². The summed E-state index contributed by atoms with van der Waals surface area (Å²) < 4.78 is 29.3. The number of ether oxygens (including phenoxy) is 1. The van der Waals surface area contributed by atoms with Crippen molar-refractivity contribution in [2.75, 3.05) is 11.9 Å². The fourth-order valence-corrected chi connectivity index (χ4v) is 2.29. The fourth-order valence-electron chi connectivity index (χ4n) is 2.29. The Balaban J connectivity index is 2.11. The lowest BCUT2D eigenvalue weighted by molar-refractivity contribution is -0.111. The molecule has 0 saturated heterocycles. The molecular formula is C20H20F2N2O3. The molecule has 2 amide bonds. The number of amides is 2. The van der Waals surface area contributed by atoms with Crippen LogP contribution in [0.15, 0.2) is 54.6 Å². The van der Waals surface area contributed by atoms with Crippen molar-refractivity contribution in [1.29, 1.82) is 0 Å². The predicted molar refractivity (Wildman–Crippen MR) is 99.8 cm³/mol. The summed E-state index contributed by atoms with van der Waals surface area (Å²) in [5.41, 5.74) is 1.04. The third-order valence-electron chi connectivity index (χ3n) is 3.51. The number of hydrogen-bond acceptors (Lipinski definition) is 3. The molecule has 142 valence electrons. The second kappa shape index (κ2) is 10.1. The summed E-state index contributed by atoms with van der Waals surface area (Å²) >= 11 is 0. The molecule has 0 aromatic heterocycles. The van der Waals surface area contributed by atoms with Gasteiger partial charge in [0.05, 0.1) is 11.3 Å². The van der Waals surface area contributed by atoms with Gasteiger partial charge in [0.2, 0.25) is 5.91 Å². The molecule has 0 atom stereocenters. The molecule has 0 heterocycles. The zero-order valence-electron chi connectivity index (χ0n) is 14.7. The van der Waals surface area contributed by atoms with E-state index in [0.29, 0.717) is 23.4 Å². The summed E-state index contributed by atoms with van der Waals surface area (Å²) in [6.07, 6.45) is 3.35. The number of benzene rings is 2. The summed E-state index contributed by atoms with van der Waals surface area (Å²) in [4.78, 5) is 24.4. The van der Waals surface area contributed by atoms with Crippen LogP contribution in [0.1, 0.15) is 29.3 Å². The maximum Gasteiger partial charge on any atom is 0.387 e. The molecule has 0 radical (unpaired) electrons. The monoisotopic (exact) mass is 374 g/mol. The third kappa shape index (κ3) is 6.22. The SMILES string of the molecule is CCCNC(=O)c1ccccc1NC(=O)/C=C/c1ccccc1OC(F)F. The zero-order chi connectivity index (χ0) is 19.6. The highest BCUT2D eigenvalue weighted by molar-refractivity contribution is 6.07. The van der Waals surface area contributed by atoms with Gasteiger partial charge in [0, 0.05) is 18.2 Å². The Bertz CT molecular complexity index is 822.